The highest BCUT2D eigenvalue weighted by molar-refractivity contribution is 7.90. The van der Waals surface area contributed by atoms with Gasteiger partial charge in [-0.3, -0.25) is 9.59 Å². The van der Waals surface area contributed by atoms with Crippen molar-refractivity contribution in [2.24, 2.45) is 0 Å². The summed E-state index contributed by atoms with van der Waals surface area (Å²) < 4.78 is 23.5. The predicted octanol–water partition coefficient (Wildman–Crippen LogP) is 1.71. The third-order valence-corrected chi connectivity index (χ3v) is 6.09. The molecule has 2 aliphatic rings. The van der Waals surface area contributed by atoms with Crippen molar-refractivity contribution >= 4 is 21.7 Å². The third-order valence-electron chi connectivity index (χ3n) is 4.98. The van der Waals surface area contributed by atoms with Crippen LogP contribution in [0.2, 0.25) is 0 Å². The molecule has 2 aliphatic heterocycles. The molecule has 0 aromatic heterocycles. The van der Waals surface area contributed by atoms with Crippen molar-refractivity contribution in [2.75, 3.05) is 25.9 Å². The lowest BCUT2D eigenvalue weighted by molar-refractivity contribution is -0.136. The van der Waals surface area contributed by atoms with Crippen molar-refractivity contribution in [1.29, 1.82) is 0 Å². The quantitative estimate of drug-likeness (QED) is 0.818. The highest BCUT2D eigenvalue weighted by Crippen LogP contribution is 2.24. The summed E-state index contributed by atoms with van der Waals surface area (Å²) in [5.41, 5.74) is 0.323. The van der Waals surface area contributed by atoms with E-state index in [9.17, 15) is 18.0 Å². The Balaban J connectivity index is 1.85. The van der Waals surface area contributed by atoms with E-state index in [4.69, 9.17) is 0 Å². The maximum atomic E-state index is 13.0. The number of carbonyl (C=O) groups is 2. The van der Waals surface area contributed by atoms with Gasteiger partial charge in [0.15, 0.2) is 9.84 Å². The summed E-state index contributed by atoms with van der Waals surface area (Å²) in [5.74, 6) is -0.229. The standard InChI is InChI=1S/C18H24N2O4S/c1-25(23,24)15-8-6-7-14(13-15)17(21)20-12-3-2-9-16(20)18(22)19-10-4-5-11-19/h6-8,13,16H,2-5,9-12H2,1H3. The Labute approximate surface area is 148 Å². The first-order valence-corrected chi connectivity index (χ1v) is 10.7. The fourth-order valence-corrected chi connectivity index (χ4v) is 4.27. The van der Waals surface area contributed by atoms with Crippen LogP contribution < -0.4 is 0 Å². The van der Waals surface area contributed by atoms with E-state index in [-0.39, 0.29) is 16.7 Å². The van der Waals surface area contributed by atoms with Gasteiger partial charge in [-0.2, -0.15) is 0 Å². The van der Waals surface area contributed by atoms with E-state index in [2.05, 4.69) is 0 Å². The molecule has 1 aromatic rings. The van der Waals surface area contributed by atoms with Crippen LogP contribution in [0, 0.1) is 0 Å². The van der Waals surface area contributed by atoms with E-state index < -0.39 is 15.9 Å². The summed E-state index contributed by atoms with van der Waals surface area (Å²) in [7, 11) is -3.38. The zero-order valence-electron chi connectivity index (χ0n) is 14.5. The maximum Gasteiger partial charge on any atom is 0.254 e. The molecule has 3 rings (SSSR count). The second-order valence-corrected chi connectivity index (χ2v) is 8.86. The van der Waals surface area contributed by atoms with Crippen molar-refractivity contribution in [2.45, 2.75) is 43.0 Å². The molecule has 0 spiro atoms. The van der Waals surface area contributed by atoms with Crippen molar-refractivity contribution in [1.82, 2.24) is 9.80 Å². The van der Waals surface area contributed by atoms with Gasteiger partial charge in [0.2, 0.25) is 5.91 Å². The summed E-state index contributed by atoms with van der Waals surface area (Å²) in [4.78, 5) is 29.4. The van der Waals surface area contributed by atoms with Gasteiger partial charge in [-0.05, 0) is 50.3 Å². The number of rotatable bonds is 3. The molecule has 6 nitrogen and oxygen atoms in total. The smallest absolute Gasteiger partial charge is 0.254 e. The van der Waals surface area contributed by atoms with Crippen LogP contribution in [0.15, 0.2) is 29.2 Å². The van der Waals surface area contributed by atoms with E-state index in [0.717, 1.165) is 45.0 Å². The molecule has 0 N–H and O–H groups in total. The monoisotopic (exact) mass is 364 g/mol. The fourth-order valence-electron chi connectivity index (χ4n) is 3.61. The number of hydrogen-bond donors (Lipinski definition) is 0. The van der Waals surface area contributed by atoms with Crippen molar-refractivity contribution in [3.63, 3.8) is 0 Å². The number of carbonyl (C=O) groups excluding carboxylic acids is 2. The lowest BCUT2D eigenvalue weighted by Gasteiger charge is -2.36. The van der Waals surface area contributed by atoms with Crippen LogP contribution in [0.1, 0.15) is 42.5 Å². The molecule has 2 amide bonds. The number of piperidine rings is 1. The van der Waals surface area contributed by atoms with Gasteiger partial charge in [-0.1, -0.05) is 6.07 Å². The van der Waals surface area contributed by atoms with E-state index in [0.29, 0.717) is 18.5 Å². The first-order valence-electron chi connectivity index (χ1n) is 8.78. The lowest BCUT2D eigenvalue weighted by Crippen LogP contribution is -2.52. The molecule has 0 saturated carbocycles. The van der Waals surface area contributed by atoms with Crippen LogP contribution in [-0.2, 0) is 14.6 Å². The Hall–Kier alpha value is -1.89. The molecular weight excluding hydrogens is 340 g/mol. The molecule has 7 heteroatoms. The van der Waals surface area contributed by atoms with Crippen LogP contribution >= 0.6 is 0 Å². The minimum Gasteiger partial charge on any atom is -0.341 e. The Kier molecular flexibility index (Phi) is 5.13. The highest BCUT2D eigenvalue weighted by Gasteiger charge is 2.36. The Bertz CT molecular complexity index is 769. The minimum atomic E-state index is -3.38. The number of nitrogens with zero attached hydrogens (tertiary/aromatic N) is 2. The molecule has 0 bridgehead atoms. The van der Waals surface area contributed by atoms with E-state index in [1.165, 1.54) is 12.1 Å². The van der Waals surface area contributed by atoms with Crippen LogP contribution in [0.5, 0.6) is 0 Å². The molecule has 2 fully saturated rings. The van der Waals surface area contributed by atoms with Crippen molar-refractivity contribution in [3.05, 3.63) is 29.8 Å². The van der Waals surface area contributed by atoms with Gasteiger partial charge in [0.1, 0.15) is 6.04 Å². The first-order chi connectivity index (χ1) is 11.9. The number of amides is 2. The zero-order valence-corrected chi connectivity index (χ0v) is 15.3. The predicted molar refractivity (Wildman–Crippen MR) is 94.0 cm³/mol. The van der Waals surface area contributed by atoms with E-state index in [1.54, 1.807) is 17.0 Å². The van der Waals surface area contributed by atoms with Crippen molar-refractivity contribution in [3.8, 4) is 0 Å². The maximum absolute atomic E-state index is 13.0. The molecule has 1 aromatic carbocycles. The van der Waals surface area contributed by atoms with Gasteiger partial charge in [0.05, 0.1) is 4.90 Å². The van der Waals surface area contributed by atoms with Gasteiger partial charge >= 0.3 is 0 Å². The zero-order chi connectivity index (χ0) is 18.0. The first kappa shape index (κ1) is 17.9. The second kappa shape index (κ2) is 7.15. The largest absolute Gasteiger partial charge is 0.341 e. The average Bonchev–Trinajstić information content (AvgIpc) is 3.14. The average molecular weight is 364 g/mol. The normalized spacial score (nSPS) is 21.4. The topological polar surface area (TPSA) is 74.8 Å². The van der Waals surface area contributed by atoms with E-state index >= 15 is 0 Å². The summed E-state index contributed by atoms with van der Waals surface area (Å²) >= 11 is 0. The number of sulfone groups is 1. The molecule has 2 heterocycles. The molecular formula is C18H24N2O4S. The molecule has 2 saturated heterocycles. The van der Waals surface area contributed by atoms with E-state index in [1.807, 2.05) is 4.90 Å². The Morgan fingerprint density at radius 2 is 1.72 bits per heavy atom. The van der Waals surface area contributed by atoms with Gasteiger partial charge < -0.3 is 9.80 Å². The fraction of sp³-hybridized carbons (Fsp3) is 0.556. The molecule has 0 radical (unpaired) electrons. The highest BCUT2D eigenvalue weighted by atomic mass is 32.2. The van der Waals surface area contributed by atoms with Gasteiger partial charge in [0, 0.05) is 31.5 Å². The molecule has 136 valence electrons. The van der Waals surface area contributed by atoms with Gasteiger partial charge in [0.25, 0.3) is 5.91 Å². The summed E-state index contributed by atoms with van der Waals surface area (Å²) in [6, 6.07) is 5.65. The summed E-state index contributed by atoms with van der Waals surface area (Å²) in [6.07, 6.45) is 5.62. The van der Waals surface area contributed by atoms with Crippen LogP contribution in [-0.4, -0.2) is 62.0 Å². The second-order valence-electron chi connectivity index (χ2n) is 6.84. The molecule has 1 unspecified atom stereocenters. The third kappa shape index (κ3) is 3.86. The summed E-state index contributed by atoms with van der Waals surface area (Å²) in [5, 5.41) is 0. The Morgan fingerprint density at radius 3 is 2.40 bits per heavy atom. The SMILES string of the molecule is CS(=O)(=O)c1cccc(C(=O)N2CCCCC2C(=O)N2CCCC2)c1. The summed E-state index contributed by atoms with van der Waals surface area (Å²) in [6.45, 7) is 2.06. The van der Waals surface area contributed by atoms with Crippen LogP contribution in [0.4, 0.5) is 0 Å². The molecule has 1 atom stereocenters. The molecule has 0 aliphatic carbocycles. The van der Waals surface area contributed by atoms with Crippen LogP contribution in [0.3, 0.4) is 0 Å². The van der Waals surface area contributed by atoms with Gasteiger partial charge in [-0.25, -0.2) is 8.42 Å². The minimum absolute atomic E-state index is 0.0322. The number of hydrogen-bond acceptors (Lipinski definition) is 4. The number of benzene rings is 1. The Morgan fingerprint density at radius 1 is 1.04 bits per heavy atom. The van der Waals surface area contributed by atoms with Gasteiger partial charge in [-0.15, -0.1) is 0 Å². The molecule has 25 heavy (non-hydrogen) atoms. The van der Waals surface area contributed by atoms with Crippen LogP contribution in [0.25, 0.3) is 0 Å². The van der Waals surface area contributed by atoms with Crippen molar-refractivity contribution < 1.29 is 18.0 Å². The lowest BCUT2D eigenvalue weighted by atomic mass is 9.99. The number of likely N-dealkylation sites (tertiary alicyclic amines) is 2.